The van der Waals surface area contributed by atoms with E-state index in [0.29, 0.717) is 24.6 Å². The number of nitrogens with two attached hydrogens (primary N) is 1. The highest BCUT2D eigenvalue weighted by atomic mass is 16.1. The highest BCUT2D eigenvalue weighted by Crippen LogP contribution is 2.11. The van der Waals surface area contributed by atoms with Crippen molar-refractivity contribution in [3.63, 3.8) is 0 Å². The predicted octanol–water partition coefficient (Wildman–Crippen LogP) is 1.80. The van der Waals surface area contributed by atoms with Crippen molar-refractivity contribution in [3.05, 3.63) is 35.4 Å². The maximum absolute atomic E-state index is 12.0. The molecule has 102 valence electrons. The number of carbonyl (C=O) groups is 1. The maximum Gasteiger partial charge on any atom is 0.224 e. The van der Waals surface area contributed by atoms with E-state index >= 15 is 0 Å². The van der Waals surface area contributed by atoms with E-state index in [2.05, 4.69) is 25.2 Å². The van der Waals surface area contributed by atoms with E-state index in [-0.39, 0.29) is 11.8 Å². The topological polar surface area (TPSA) is 78.9 Å². The molecule has 0 spiro atoms. The van der Waals surface area contributed by atoms with Crippen LogP contribution >= 0.6 is 0 Å². The van der Waals surface area contributed by atoms with Crippen molar-refractivity contribution in [1.29, 1.82) is 5.26 Å². The number of benzene rings is 1. The van der Waals surface area contributed by atoms with Gasteiger partial charge in [-0.2, -0.15) is 5.26 Å². The van der Waals surface area contributed by atoms with Crippen LogP contribution in [0.1, 0.15) is 31.4 Å². The molecule has 0 radical (unpaired) electrons. The van der Waals surface area contributed by atoms with Gasteiger partial charge in [0.05, 0.1) is 17.6 Å². The van der Waals surface area contributed by atoms with E-state index in [1.807, 2.05) is 12.1 Å². The van der Waals surface area contributed by atoms with Crippen LogP contribution in [-0.4, -0.2) is 12.5 Å². The zero-order valence-corrected chi connectivity index (χ0v) is 11.5. The van der Waals surface area contributed by atoms with Gasteiger partial charge in [0.25, 0.3) is 0 Å². The molecule has 1 aromatic carbocycles. The summed E-state index contributed by atoms with van der Waals surface area (Å²) in [7, 11) is 0. The molecule has 4 heteroatoms. The second-order valence-corrected chi connectivity index (χ2v) is 5.09. The zero-order valence-electron chi connectivity index (χ0n) is 11.5. The van der Waals surface area contributed by atoms with Crippen LogP contribution in [-0.2, 0) is 11.3 Å². The van der Waals surface area contributed by atoms with E-state index in [0.717, 1.165) is 12.0 Å². The minimum absolute atomic E-state index is 0.0152. The number of hydrogen-bond donors (Lipinski definition) is 2. The average molecular weight is 259 g/mol. The van der Waals surface area contributed by atoms with Crippen LogP contribution in [0.5, 0.6) is 0 Å². The standard InChI is InChI=1S/C15H21N3O/c1-11(2)6-14(9-17)15(19)18-10-13-5-3-4-12(7-13)8-16/h3-5,7,11,14H,6,9-10,17H2,1-2H3,(H,18,19). The number of nitrogens with zero attached hydrogens (tertiary/aromatic N) is 1. The quantitative estimate of drug-likeness (QED) is 0.817. The molecule has 0 bridgehead atoms. The second-order valence-electron chi connectivity index (χ2n) is 5.09. The number of amides is 1. The molecule has 0 heterocycles. The molecule has 0 fully saturated rings. The third kappa shape index (κ3) is 5.11. The first kappa shape index (κ1) is 15.2. The van der Waals surface area contributed by atoms with Crippen LogP contribution in [0, 0.1) is 23.2 Å². The number of nitriles is 1. The predicted molar refractivity (Wildman–Crippen MR) is 75.0 cm³/mol. The fourth-order valence-corrected chi connectivity index (χ4v) is 1.96. The molecule has 1 unspecified atom stereocenters. The van der Waals surface area contributed by atoms with Crippen molar-refractivity contribution in [2.45, 2.75) is 26.8 Å². The lowest BCUT2D eigenvalue weighted by atomic mass is 9.96. The summed E-state index contributed by atoms with van der Waals surface area (Å²) in [6, 6.07) is 9.31. The fraction of sp³-hybridized carbons (Fsp3) is 0.467. The third-order valence-electron chi connectivity index (χ3n) is 2.93. The smallest absolute Gasteiger partial charge is 0.224 e. The molecule has 1 amide bonds. The van der Waals surface area contributed by atoms with Gasteiger partial charge in [-0.05, 0) is 30.0 Å². The van der Waals surface area contributed by atoms with Gasteiger partial charge in [-0.15, -0.1) is 0 Å². The van der Waals surface area contributed by atoms with Crippen molar-refractivity contribution in [2.24, 2.45) is 17.6 Å². The van der Waals surface area contributed by atoms with Crippen molar-refractivity contribution < 1.29 is 4.79 Å². The Morgan fingerprint density at radius 1 is 1.47 bits per heavy atom. The lowest BCUT2D eigenvalue weighted by Crippen LogP contribution is -2.35. The van der Waals surface area contributed by atoms with Gasteiger partial charge >= 0.3 is 0 Å². The molecule has 1 rings (SSSR count). The Morgan fingerprint density at radius 3 is 2.79 bits per heavy atom. The van der Waals surface area contributed by atoms with Gasteiger partial charge in [0, 0.05) is 13.1 Å². The van der Waals surface area contributed by atoms with Crippen LogP contribution < -0.4 is 11.1 Å². The van der Waals surface area contributed by atoms with Crippen LogP contribution in [0.15, 0.2) is 24.3 Å². The molecule has 1 atom stereocenters. The lowest BCUT2D eigenvalue weighted by Gasteiger charge is -2.16. The summed E-state index contributed by atoms with van der Waals surface area (Å²) in [6.45, 7) is 4.95. The first-order valence-corrected chi connectivity index (χ1v) is 6.53. The summed E-state index contributed by atoms with van der Waals surface area (Å²) in [6.07, 6.45) is 0.792. The number of carbonyl (C=O) groups excluding carboxylic acids is 1. The Balaban J connectivity index is 2.55. The molecule has 19 heavy (non-hydrogen) atoms. The molecule has 4 nitrogen and oxygen atoms in total. The van der Waals surface area contributed by atoms with E-state index in [1.165, 1.54) is 0 Å². The Labute approximate surface area is 114 Å². The summed E-state index contributed by atoms with van der Waals surface area (Å²) in [5, 5.41) is 11.7. The molecule has 0 aromatic heterocycles. The molecular formula is C15H21N3O. The van der Waals surface area contributed by atoms with Crippen LogP contribution in [0.25, 0.3) is 0 Å². The lowest BCUT2D eigenvalue weighted by molar-refractivity contribution is -0.125. The van der Waals surface area contributed by atoms with Gasteiger partial charge in [0.2, 0.25) is 5.91 Å². The first-order chi connectivity index (χ1) is 9.06. The molecule has 0 saturated carbocycles. The molecule has 1 aromatic rings. The number of hydrogen-bond acceptors (Lipinski definition) is 3. The molecule has 3 N–H and O–H groups in total. The van der Waals surface area contributed by atoms with Crippen molar-refractivity contribution in [2.75, 3.05) is 6.54 Å². The summed E-state index contributed by atoms with van der Waals surface area (Å²) in [5.74, 6) is 0.291. The molecule has 0 saturated heterocycles. The summed E-state index contributed by atoms with van der Waals surface area (Å²) in [5.41, 5.74) is 7.16. The van der Waals surface area contributed by atoms with E-state index in [4.69, 9.17) is 11.0 Å². The Bertz CT molecular complexity index is 463. The third-order valence-corrected chi connectivity index (χ3v) is 2.93. The van der Waals surface area contributed by atoms with Crippen molar-refractivity contribution in [3.8, 4) is 6.07 Å². The average Bonchev–Trinajstić information content (AvgIpc) is 2.42. The summed E-state index contributed by atoms with van der Waals surface area (Å²) < 4.78 is 0. The number of nitrogens with one attached hydrogen (secondary N) is 1. The highest BCUT2D eigenvalue weighted by Gasteiger charge is 2.17. The van der Waals surface area contributed by atoms with Gasteiger partial charge in [0.15, 0.2) is 0 Å². The monoisotopic (exact) mass is 259 g/mol. The van der Waals surface area contributed by atoms with Crippen LogP contribution in [0.4, 0.5) is 0 Å². The van der Waals surface area contributed by atoms with Gasteiger partial charge < -0.3 is 11.1 Å². The molecule has 0 aliphatic heterocycles. The highest BCUT2D eigenvalue weighted by molar-refractivity contribution is 5.78. The van der Waals surface area contributed by atoms with E-state index in [9.17, 15) is 4.79 Å². The molecule has 0 aliphatic carbocycles. The fourth-order valence-electron chi connectivity index (χ4n) is 1.96. The minimum atomic E-state index is -0.140. The van der Waals surface area contributed by atoms with Crippen LogP contribution in [0.2, 0.25) is 0 Å². The normalized spacial score (nSPS) is 11.9. The SMILES string of the molecule is CC(C)CC(CN)C(=O)NCc1cccc(C#N)c1. The molecular weight excluding hydrogens is 238 g/mol. The number of rotatable bonds is 6. The zero-order chi connectivity index (χ0) is 14.3. The van der Waals surface area contributed by atoms with E-state index in [1.54, 1.807) is 12.1 Å². The summed E-state index contributed by atoms with van der Waals surface area (Å²) >= 11 is 0. The van der Waals surface area contributed by atoms with Crippen molar-refractivity contribution in [1.82, 2.24) is 5.32 Å². The first-order valence-electron chi connectivity index (χ1n) is 6.53. The van der Waals surface area contributed by atoms with Gasteiger partial charge in [0.1, 0.15) is 0 Å². The Hall–Kier alpha value is -1.86. The maximum atomic E-state index is 12.0. The van der Waals surface area contributed by atoms with Crippen molar-refractivity contribution >= 4 is 5.91 Å². The second kappa shape index (κ2) is 7.55. The largest absolute Gasteiger partial charge is 0.352 e. The Morgan fingerprint density at radius 2 is 2.21 bits per heavy atom. The van der Waals surface area contributed by atoms with Gasteiger partial charge in [-0.25, -0.2) is 0 Å². The molecule has 0 aliphatic rings. The summed E-state index contributed by atoms with van der Waals surface area (Å²) in [4.78, 5) is 12.0. The van der Waals surface area contributed by atoms with Crippen LogP contribution in [0.3, 0.4) is 0 Å². The minimum Gasteiger partial charge on any atom is -0.352 e. The van der Waals surface area contributed by atoms with E-state index < -0.39 is 0 Å². The Kier molecular flexibility index (Phi) is 6.04. The van der Waals surface area contributed by atoms with Gasteiger partial charge in [-0.1, -0.05) is 26.0 Å². The van der Waals surface area contributed by atoms with Gasteiger partial charge in [-0.3, -0.25) is 4.79 Å².